The van der Waals surface area contributed by atoms with Gasteiger partial charge in [-0.15, -0.1) is 0 Å². The molecule has 0 bridgehead atoms. The number of rotatable bonds is 6. The van der Waals surface area contributed by atoms with E-state index in [1.54, 1.807) is 18.9 Å². The Hall–Kier alpha value is -2.80. The second kappa shape index (κ2) is 7.84. The Morgan fingerprint density at radius 3 is 2.26 bits per heavy atom. The van der Waals surface area contributed by atoms with Crippen molar-refractivity contribution in [3.8, 4) is 6.01 Å². The molecule has 27 heavy (non-hydrogen) atoms. The van der Waals surface area contributed by atoms with Crippen LogP contribution in [0, 0.1) is 0 Å². The van der Waals surface area contributed by atoms with E-state index < -0.39 is 0 Å². The number of nitrogens with zero attached hydrogens (tertiary/aromatic N) is 4. The summed E-state index contributed by atoms with van der Waals surface area (Å²) in [6, 6.07) is 16.8. The molecule has 0 amide bonds. The molecule has 0 aliphatic carbocycles. The van der Waals surface area contributed by atoms with E-state index in [2.05, 4.69) is 56.4 Å². The van der Waals surface area contributed by atoms with Gasteiger partial charge in [-0.3, -0.25) is 4.90 Å². The molecule has 1 aliphatic rings. The maximum absolute atomic E-state index is 5.33. The molecule has 0 saturated heterocycles. The van der Waals surface area contributed by atoms with Gasteiger partial charge in [-0.05, 0) is 30.7 Å². The number of methoxy groups -OCH3 is 1. The normalized spacial score (nSPS) is 12.3. The fourth-order valence-corrected chi connectivity index (χ4v) is 3.97. The minimum Gasteiger partial charge on any atom is -0.467 e. The third-order valence-electron chi connectivity index (χ3n) is 4.23. The van der Waals surface area contributed by atoms with Gasteiger partial charge in [0.1, 0.15) is 0 Å². The summed E-state index contributed by atoms with van der Waals surface area (Å²) >= 11 is 1.75. The van der Waals surface area contributed by atoms with Crippen LogP contribution in [0.1, 0.15) is 19.8 Å². The summed E-state index contributed by atoms with van der Waals surface area (Å²) in [5.74, 6) is 1.07. The number of hydrogen-bond donors (Lipinski definition) is 1. The molecule has 0 fully saturated rings. The summed E-state index contributed by atoms with van der Waals surface area (Å²) in [5.41, 5.74) is 2.10. The number of fused-ring (bicyclic) bond motifs is 2. The first kappa shape index (κ1) is 17.6. The van der Waals surface area contributed by atoms with E-state index in [0.29, 0.717) is 17.9 Å². The largest absolute Gasteiger partial charge is 0.467 e. The standard InChI is InChI=1S/C20H21N5OS/c1-3-4-13-21-18-22-19(24-20(23-18)26-2)25-14-9-5-7-11-16(14)27-17-12-8-6-10-15(17)25/h5-12H,3-4,13H2,1-2H3,(H,21,22,23,24). The second-order valence-corrected chi connectivity index (χ2v) is 7.18. The molecule has 4 rings (SSSR count). The number of anilines is 4. The van der Waals surface area contributed by atoms with E-state index in [9.17, 15) is 0 Å². The highest BCUT2D eigenvalue weighted by molar-refractivity contribution is 7.99. The number of hydrogen-bond acceptors (Lipinski definition) is 7. The predicted octanol–water partition coefficient (Wildman–Crippen LogP) is 5.03. The van der Waals surface area contributed by atoms with Crippen molar-refractivity contribution in [3.63, 3.8) is 0 Å². The fourth-order valence-electron chi connectivity index (χ4n) is 2.91. The fraction of sp³-hybridized carbons (Fsp3) is 0.250. The molecule has 0 unspecified atom stereocenters. The van der Waals surface area contributed by atoms with Gasteiger partial charge >= 0.3 is 6.01 Å². The highest BCUT2D eigenvalue weighted by Crippen LogP contribution is 2.50. The van der Waals surface area contributed by atoms with E-state index in [0.717, 1.165) is 40.6 Å². The first-order valence-corrected chi connectivity index (χ1v) is 9.81. The Balaban J connectivity index is 1.82. The number of para-hydroxylation sites is 2. The van der Waals surface area contributed by atoms with Gasteiger partial charge in [0, 0.05) is 16.3 Å². The van der Waals surface area contributed by atoms with Gasteiger partial charge in [-0.25, -0.2) is 0 Å². The van der Waals surface area contributed by atoms with E-state index in [1.165, 1.54) is 0 Å². The molecule has 7 heteroatoms. The van der Waals surface area contributed by atoms with Crippen molar-refractivity contribution in [1.29, 1.82) is 0 Å². The molecule has 1 aromatic heterocycles. The Morgan fingerprint density at radius 2 is 1.63 bits per heavy atom. The van der Waals surface area contributed by atoms with Gasteiger partial charge in [0.25, 0.3) is 0 Å². The summed E-state index contributed by atoms with van der Waals surface area (Å²) in [5, 5.41) is 3.27. The van der Waals surface area contributed by atoms with Crippen molar-refractivity contribution < 1.29 is 4.74 Å². The first-order valence-electron chi connectivity index (χ1n) is 9.00. The Kier molecular flexibility index (Phi) is 5.11. The third-order valence-corrected chi connectivity index (χ3v) is 5.36. The van der Waals surface area contributed by atoms with E-state index in [1.807, 2.05) is 24.3 Å². The van der Waals surface area contributed by atoms with Crippen LogP contribution >= 0.6 is 11.8 Å². The molecule has 0 saturated carbocycles. The Bertz CT molecular complexity index is 904. The van der Waals surface area contributed by atoms with Gasteiger partial charge in [-0.2, -0.15) is 15.0 Å². The van der Waals surface area contributed by atoms with E-state index >= 15 is 0 Å². The number of ether oxygens (including phenoxy) is 1. The minimum absolute atomic E-state index is 0.298. The van der Waals surface area contributed by atoms with Gasteiger partial charge in [0.2, 0.25) is 11.9 Å². The van der Waals surface area contributed by atoms with Crippen LogP contribution in [0.15, 0.2) is 58.3 Å². The van der Waals surface area contributed by atoms with Crippen LogP contribution in [0.25, 0.3) is 0 Å². The average molecular weight is 379 g/mol. The summed E-state index contributed by atoms with van der Waals surface area (Å²) in [4.78, 5) is 17.9. The SMILES string of the molecule is CCCCNc1nc(OC)nc(N2c3ccccc3Sc3ccccc32)n1. The van der Waals surface area contributed by atoms with Gasteiger partial charge < -0.3 is 10.1 Å². The van der Waals surface area contributed by atoms with Crippen LogP contribution in [0.5, 0.6) is 6.01 Å². The van der Waals surface area contributed by atoms with Crippen molar-refractivity contribution in [2.24, 2.45) is 0 Å². The average Bonchev–Trinajstić information content (AvgIpc) is 2.72. The first-order chi connectivity index (χ1) is 13.3. The van der Waals surface area contributed by atoms with Crippen LogP contribution in [0.3, 0.4) is 0 Å². The molecule has 1 N–H and O–H groups in total. The zero-order chi connectivity index (χ0) is 18.6. The molecule has 0 atom stereocenters. The van der Waals surface area contributed by atoms with Crippen LogP contribution in [0.2, 0.25) is 0 Å². The lowest BCUT2D eigenvalue weighted by atomic mass is 10.2. The number of nitrogens with one attached hydrogen (secondary N) is 1. The Labute approximate surface area is 163 Å². The summed E-state index contributed by atoms with van der Waals surface area (Å²) < 4.78 is 5.33. The number of unbranched alkanes of at least 4 members (excludes halogenated alkanes) is 1. The van der Waals surface area contributed by atoms with Crippen LogP contribution in [0.4, 0.5) is 23.3 Å². The van der Waals surface area contributed by atoms with Gasteiger partial charge in [-0.1, -0.05) is 49.4 Å². The van der Waals surface area contributed by atoms with Crippen molar-refractivity contribution in [2.45, 2.75) is 29.6 Å². The van der Waals surface area contributed by atoms with Crippen LogP contribution in [-0.4, -0.2) is 28.6 Å². The molecule has 2 aromatic carbocycles. The highest BCUT2D eigenvalue weighted by Gasteiger charge is 2.27. The topological polar surface area (TPSA) is 63.2 Å². The second-order valence-electron chi connectivity index (χ2n) is 6.10. The molecule has 2 heterocycles. The van der Waals surface area contributed by atoms with Crippen molar-refractivity contribution in [2.75, 3.05) is 23.9 Å². The quantitative estimate of drug-likeness (QED) is 0.472. The lowest BCUT2D eigenvalue weighted by molar-refractivity contribution is 0.379. The molecule has 138 valence electrons. The van der Waals surface area contributed by atoms with Crippen LogP contribution < -0.4 is 15.0 Å². The molecule has 6 nitrogen and oxygen atoms in total. The van der Waals surface area contributed by atoms with Crippen molar-refractivity contribution in [3.05, 3.63) is 48.5 Å². The smallest absolute Gasteiger partial charge is 0.322 e. The highest BCUT2D eigenvalue weighted by atomic mass is 32.2. The number of aromatic nitrogens is 3. The number of benzene rings is 2. The molecule has 1 aliphatic heterocycles. The summed E-state index contributed by atoms with van der Waals surface area (Å²) in [6.45, 7) is 2.96. The zero-order valence-corrected chi connectivity index (χ0v) is 16.2. The van der Waals surface area contributed by atoms with E-state index in [4.69, 9.17) is 4.74 Å². The molecular weight excluding hydrogens is 358 g/mol. The lowest BCUT2D eigenvalue weighted by Crippen LogP contribution is -2.19. The maximum atomic E-state index is 5.33. The Morgan fingerprint density at radius 1 is 0.963 bits per heavy atom. The lowest BCUT2D eigenvalue weighted by Gasteiger charge is -2.31. The zero-order valence-electron chi connectivity index (χ0n) is 15.3. The molecule has 3 aromatic rings. The molecule has 0 radical (unpaired) electrons. The predicted molar refractivity (Wildman–Crippen MR) is 109 cm³/mol. The minimum atomic E-state index is 0.298. The molecule has 0 spiro atoms. The maximum Gasteiger partial charge on any atom is 0.322 e. The third kappa shape index (κ3) is 3.55. The van der Waals surface area contributed by atoms with Crippen LogP contribution in [-0.2, 0) is 0 Å². The van der Waals surface area contributed by atoms with E-state index in [-0.39, 0.29) is 0 Å². The summed E-state index contributed by atoms with van der Waals surface area (Å²) in [6.07, 6.45) is 2.15. The monoisotopic (exact) mass is 379 g/mol. The van der Waals surface area contributed by atoms with Crippen molar-refractivity contribution in [1.82, 2.24) is 15.0 Å². The summed E-state index contributed by atoms with van der Waals surface area (Å²) in [7, 11) is 1.57. The molecular formula is C20H21N5OS. The van der Waals surface area contributed by atoms with Gasteiger partial charge in [0.15, 0.2) is 0 Å². The van der Waals surface area contributed by atoms with Crippen molar-refractivity contribution >= 4 is 35.0 Å². The van der Waals surface area contributed by atoms with Gasteiger partial charge in [0.05, 0.1) is 18.5 Å².